The molecule has 2 nitrogen and oxygen atoms in total. The third kappa shape index (κ3) is 2.46. The van der Waals surface area contributed by atoms with Gasteiger partial charge in [0.2, 0.25) is 0 Å². The van der Waals surface area contributed by atoms with Crippen LogP contribution in [0.4, 0.5) is 0 Å². The van der Waals surface area contributed by atoms with Crippen molar-refractivity contribution in [1.82, 2.24) is 4.98 Å². The van der Waals surface area contributed by atoms with Crippen molar-refractivity contribution in [3.05, 3.63) is 29.6 Å². The first-order valence-corrected chi connectivity index (χ1v) is 7.78. The van der Waals surface area contributed by atoms with Crippen molar-refractivity contribution in [2.45, 2.75) is 49.5 Å². The molecule has 0 saturated carbocycles. The van der Waals surface area contributed by atoms with Gasteiger partial charge in [0, 0.05) is 34.4 Å². The maximum atomic E-state index is 12.5. The number of hydrogen-bond acceptors (Lipinski definition) is 3. The van der Waals surface area contributed by atoms with Gasteiger partial charge in [0.05, 0.1) is 0 Å². The van der Waals surface area contributed by atoms with E-state index in [-0.39, 0.29) is 5.92 Å². The fraction of sp³-hybridized carbons (Fsp3) is 0.600. The molecule has 2 unspecified atom stereocenters. The molecule has 2 aliphatic heterocycles. The van der Waals surface area contributed by atoms with Gasteiger partial charge in [-0.15, -0.1) is 0 Å². The molecule has 1 aromatic heterocycles. The second-order valence-electron chi connectivity index (χ2n) is 5.59. The zero-order valence-corrected chi connectivity index (χ0v) is 11.6. The summed E-state index contributed by atoms with van der Waals surface area (Å²) < 4.78 is 0. The van der Waals surface area contributed by atoms with Gasteiger partial charge in [0.15, 0.2) is 5.78 Å². The number of carbonyl (C=O) groups is 1. The van der Waals surface area contributed by atoms with Gasteiger partial charge in [-0.25, -0.2) is 0 Å². The monoisotopic (exact) mass is 261 g/mol. The first-order valence-electron chi connectivity index (χ1n) is 6.83. The Bertz CT molecular complexity index is 448. The highest BCUT2D eigenvalue weighted by Crippen LogP contribution is 2.44. The summed E-state index contributed by atoms with van der Waals surface area (Å²) in [5, 5.41) is 1.45. The van der Waals surface area contributed by atoms with Crippen molar-refractivity contribution in [1.29, 1.82) is 0 Å². The molecule has 96 valence electrons. The number of pyridine rings is 1. The van der Waals surface area contributed by atoms with Crippen molar-refractivity contribution >= 4 is 17.5 Å². The van der Waals surface area contributed by atoms with Crippen LogP contribution in [0.3, 0.4) is 0 Å². The van der Waals surface area contributed by atoms with Crippen LogP contribution in [0.5, 0.6) is 0 Å². The molecule has 3 heterocycles. The number of thioether (sulfide) groups is 1. The van der Waals surface area contributed by atoms with Crippen molar-refractivity contribution in [3.8, 4) is 0 Å². The third-order valence-electron chi connectivity index (χ3n) is 4.06. The third-order valence-corrected chi connectivity index (χ3v) is 5.69. The summed E-state index contributed by atoms with van der Waals surface area (Å²) in [6, 6.07) is 1.98. The molecule has 2 bridgehead atoms. The molecule has 2 atom stereocenters. The van der Waals surface area contributed by atoms with Crippen molar-refractivity contribution < 1.29 is 4.79 Å². The molecule has 0 radical (unpaired) electrons. The number of aromatic nitrogens is 1. The van der Waals surface area contributed by atoms with E-state index in [4.69, 9.17) is 0 Å². The predicted octanol–water partition coefficient (Wildman–Crippen LogP) is 3.64. The minimum absolute atomic E-state index is 0.241. The maximum absolute atomic E-state index is 12.5. The van der Waals surface area contributed by atoms with Crippen LogP contribution in [0.15, 0.2) is 18.5 Å². The largest absolute Gasteiger partial charge is 0.294 e. The lowest BCUT2D eigenvalue weighted by molar-refractivity contribution is 0.0896. The molecule has 0 N–H and O–H groups in total. The van der Waals surface area contributed by atoms with Gasteiger partial charge >= 0.3 is 0 Å². The molecule has 2 aliphatic rings. The number of fused-ring (bicyclic) bond motifs is 2. The Kier molecular flexibility index (Phi) is 3.42. The SMILES string of the molecule is Cc1cncc(C(=O)C2CC3CCCC(C2)S3)c1. The first-order chi connectivity index (χ1) is 8.72. The molecule has 3 heteroatoms. The zero-order chi connectivity index (χ0) is 12.5. The minimum Gasteiger partial charge on any atom is -0.294 e. The van der Waals surface area contributed by atoms with E-state index in [0.29, 0.717) is 5.78 Å². The van der Waals surface area contributed by atoms with Crippen molar-refractivity contribution in [2.24, 2.45) is 5.92 Å². The summed E-state index contributed by atoms with van der Waals surface area (Å²) >= 11 is 2.12. The Labute approximate surface area is 113 Å². The topological polar surface area (TPSA) is 30.0 Å². The predicted molar refractivity (Wildman–Crippen MR) is 75.0 cm³/mol. The summed E-state index contributed by atoms with van der Waals surface area (Å²) in [6.07, 6.45) is 9.65. The van der Waals surface area contributed by atoms with Gasteiger partial charge in [-0.1, -0.05) is 6.42 Å². The number of Topliss-reactive ketones (excluding diaryl/α,β-unsaturated/α-hetero) is 1. The normalized spacial score (nSPS) is 31.1. The number of aryl methyl sites for hydroxylation is 1. The minimum atomic E-state index is 0.241. The maximum Gasteiger partial charge on any atom is 0.167 e. The summed E-state index contributed by atoms with van der Waals surface area (Å²) in [6.45, 7) is 2.00. The highest BCUT2D eigenvalue weighted by Gasteiger charge is 2.35. The Morgan fingerprint density at radius 3 is 2.67 bits per heavy atom. The van der Waals surface area contributed by atoms with Gasteiger partial charge < -0.3 is 0 Å². The lowest BCUT2D eigenvalue weighted by Gasteiger charge is -2.37. The van der Waals surface area contributed by atoms with Gasteiger partial charge in [0.25, 0.3) is 0 Å². The first kappa shape index (κ1) is 12.2. The fourth-order valence-electron chi connectivity index (χ4n) is 3.20. The summed E-state index contributed by atoms with van der Waals surface area (Å²) in [5.74, 6) is 0.563. The van der Waals surface area contributed by atoms with Crippen molar-refractivity contribution in [2.75, 3.05) is 0 Å². The second-order valence-corrected chi connectivity index (χ2v) is 7.20. The van der Waals surface area contributed by atoms with Gasteiger partial charge in [0.1, 0.15) is 0 Å². The molecule has 0 aromatic carbocycles. The van der Waals surface area contributed by atoms with Gasteiger partial charge in [-0.05, 0) is 44.2 Å². The Morgan fingerprint density at radius 2 is 2.00 bits per heavy atom. The standard InChI is InChI=1S/C15H19NOS/c1-10-5-12(9-16-8-10)15(17)11-6-13-3-2-4-14(7-11)18-13/h5,8-9,11,13-14H,2-4,6-7H2,1H3. The quantitative estimate of drug-likeness (QED) is 0.761. The van der Waals surface area contributed by atoms with Crippen LogP contribution < -0.4 is 0 Å². The smallest absolute Gasteiger partial charge is 0.167 e. The average Bonchev–Trinajstić information content (AvgIpc) is 2.37. The number of nitrogens with zero attached hydrogens (tertiary/aromatic N) is 1. The Balaban J connectivity index is 1.76. The van der Waals surface area contributed by atoms with Crippen LogP contribution >= 0.6 is 11.8 Å². The molecule has 2 fully saturated rings. The average molecular weight is 261 g/mol. The van der Waals surface area contributed by atoms with Crippen LogP contribution in [0.25, 0.3) is 0 Å². The molecular formula is C15H19NOS. The lowest BCUT2D eigenvalue weighted by Crippen LogP contribution is -2.32. The fourth-order valence-corrected chi connectivity index (χ4v) is 5.04. The van der Waals surface area contributed by atoms with E-state index in [1.165, 1.54) is 19.3 Å². The Hall–Kier alpha value is -0.830. The molecule has 0 spiro atoms. The van der Waals surface area contributed by atoms with E-state index in [9.17, 15) is 4.79 Å². The summed E-state index contributed by atoms with van der Waals surface area (Å²) in [4.78, 5) is 16.7. The van der Waals surface area contributed by atoms with Crippen molar-refractivity contribution in [3.63, 3.8) is 0 Å². The molecule has 0 amide bonds. The Morgan fingerprint density at radius 1 is 1.28 bits per heavy atom. The van der Waals surface area contributed by atoms with Gasteiger partial charge in [-0.2, -0.15) is 11.8 Å². The number of ketones is 1. The molecule has 18 heavy (non-hydrogen) atoms. The van der Waals surface area contributed by atoms with E-state index in [2.05, 4.69) is 16.7 Å². The van der Waals surface area contributed by atoms with E-state index in [0.717, 1.165) is 34.5 Å². The number of rotatable bonds is 2. The van der Waals surface area contributed by atoms with E-state index in [1.807, 2.05) is 19.2 Å². The highest BCUT2D eigenvalue weighted by molar-refractivity contribution is 8.00. The van der Waals surface area contributed by atoms with Crippen LogP contribution in [-0.2, 0) is 0 Å². The number of carbonyl (C=O) groups excluding carboxylic acids is 1. The van der Waals surface area contributed by atoms with Crippen LogP contribution in [0.1, 0.15) is 48.0 Å². The number of hydrogen-bond donors (Lipinski definition) is 0. The molecule has 1 aromatic rings. The lowest BCUT2D eigenvalue weighted by atomic mass is 9.84. The zero-order valence-electron chi connectivity index (χ0n) is 10.8. The second kappa shape index (κ2) is 5.04. The van der Waals surface area contributed by atoms with Crippen LogP contribution in [-0.4, -0.2) is 21.3 Å². The molecule has 0 aliphatic carbocycles. The van der Waals surface area contributed by atoms with Crippen LogP contribution in [0, 0.1) is 12.8 Å². The van der Waals surface area contributed by atoms with Crippen LogP contribution in [0.2, 0.25) is 0 Å². The van der Waals surface area contributed by atoms with E-state index < -0.39 is 0 Å². The van der Waals surface area contributed by atoms with E-state index >= 15 is 0 Å². The van der Waals surface area contributed by atoms with E-state index in [1.54, 1.807) is 6.20 Å². The molecule has 3 rings (SSSR count). The molecular weight excluding hydrogens is 242 g/mol. The highest BCUT2D eigenvalue weighted by atomic mass is 32.2. The molecule has 2 saturated heterocycles. The summed E-state index contributed by atoms with van der Waals surface area (Å²) in [5.41, 5.74) is 1.89. The van der Waals surface area contributed by atoms with Gasteiger partial charge in [-0.3, -0.25) is 9.78 Å². The summed E-state index contributed by atoms with van der Waals surface area (Å²) in [7, 11) is 0.